The second kappa shape index (κ2) is 4.95. The number of aliphatic hydroxyl groups is 1. The van der Waals surface area contributed by atoms with E-state index in [2.05, 4.69) is 6.07 Å². The number of hydrogen-bond acceptors (Lipinski definition) is 3. The van der Waals surface area contributed by atoms with Crippen LogP contribution >= 0.6 is 0 Å². The summed E-state index contributed by atoms with van der Waals surface area (Å²) in [6, 6.07) is 6.40. The van der Waals surface area contributed by atoms with E-state index in [0.29, 0.717) is 6.42 Å². The molecule has 2 atom stereocenters. The third-order valence-electron chi connectivity index (χ3n) is 3.71. The molecule has 3 nitrogen and oxygen atoms in total. The molecule has 0 fully saturated rings. The average molecular weight is 251 g/mol. The van der Waals surface area contributed by atoms with Crippen LogP contribution in [0.3, 0.4) is 0 Å². The predicted molar refractivity (Wildman–Crippen MR) is 66.5 cm³/mol. The molecule has 1 rings (SSSR count). The number of halogens is 1. The van der Waals surface area contributed by atoms with Crippen molar-refractivity contribution in [1.29, 1.82) is 5.26 Å². The molecule has 98 valence electrons. The molecule has 0 saturated carbocycles. The predicted octanol–water partition coefficient (Wildman–Crippen LogP) is 2.98. The highest BCUT2D eigenvalue weighted by Crippen LogP contribution is 2.45. The lowest BCUT2D eigenvalue weighted by Gasteiger charge is -2.38. The van der Waals surface area contributed by atoms with Crippen LogP contribution in [0.25, 0.3) is 0 Å². The van der Waals surface area contributed by atoms with Gasteiger partial charge in [-0.1, -0.05) is 13.0 Å². The van der Waals surface area contributed by atoms with Gasteiger partial charge < -0.3 is 9.84 Å². The van der Waals surface area contributed by atoms with Crippen LogP contribution in [0.15, 0.2) is 18.2 Å². The van der Waals surface area contributed by atoms with E-state index in [4.69, 9.17) is 4.74 Å². The topological polar surface area (TPSA) is 53.2 Å². The van der Waals surface area contributed by atoms with E-state index in [1.165, 1.54) is 26.2 Å². The van der Waals surface area contributed by atoms with Crippen LogP contribution in [0.2, 0.25) is 0 Å². The van der Waals surface area contributed by atoms with Crippen molar-refractivity contribution >= 4 is 0 Å². The van der Waals surface area contributed by atoms with Crippen LogP contribution in [0.4, 0.5) is 4.39 Å². The van der Waals surface area contributed by atoms with Crippen molar-refractivity contribution in [3.8, 4) is 11.8 Å². The second-order valence-corrected chi connectivity index (χ2v) is 4.69. The largest absolute Gasteiger partial charge is 0.496 e. The second-order valence-electron chi connectivity index (χ2n) is 4.69. The Morgan fingerprint density at radius 1 is 1.44 bits per heavy atom. The molecule has 0 aliphatic rings. The van der Waals surface area contributed by atoms with Gasteiger partial charge in [0.2, 0.25) is 0 Å². The van der Waals surface area contributed by atoms with E-state index < -0.39 is 16.8 Å². The Hall–Kier alpha value is -1.60. The molecule has 0 aromatic heterocycles. The summed E-state index contributed by atoms with van der Waals surface area (Å²) in [5, 5.41) is 19.9. The molecular weight excluding hydrogens is 233 g/mol. The van der Waals surface area contributed by atoms with Gasteiger partial charge in [-0.2, -0.15) is 5.26 Å². The van der Waals surface area contributed by atoms with Gasteiger partial charge in [-0.05, 0) is 32.4 Å². The highest BCUT2D eigenvalue weighted by molar-refractivity contribution is 5.41. The van der Waals surface area contributed by atoms with E-state index in [9.17, 15) is 14.8 Å². The molecule has 0 amide bonds. The van der Waals surface area contributed by atoms with E-state index in [-0.39, 0.29) is 11.3 Å². The summed E-state index contributed by atoms with van der Waals surface area (Å²) in [7, 11) is 1.41. The maximum absolute atomic E-state index is 14.0. The zero-order chi connectivity index (χ0) is 14.0. The lowest BCUT2D eigenvalue weighted by molar-refractivity contribution is -0.0424. The number of nitriles is 1. The fourth-order valence-electron chi connectivity index (χ4n) is 1.95. The first-order valence-electron chi connectivity index (χ1n) is 5.80. The lowest BCUT2D eigenvalue weighted by atomic mass is 9.69. The maximum Gasteiger partial charge on any atom is 0.133 e. The van der Waals surface area contributed by atoms with Crippen LogP contribution in [0.5, 0.6) is 5.75 Å². The molecule has 0 heterocycles. The monoisotopic (exact) mass is 251 g/mol. The molecule has 0 radical (unpaired) electrons. The summed E-state index contributed by atoms with van der Waals surface area (Å²) in [5.74, 6) is -0.329. The minimum Gasteiger partial charge on any atom is -0.496 e. The minimum absolute atomic E-state index is 0.0263. The molecule has 18 heavy (non-hydrogen) atoms. The SMILES string of the molecule is CCC(C)(C#N)C(C)(O)c1c(F)cccc1OC. The molecule has 0 aliphatic carbocycles. The number of hydrogen-bond donors (Lipinski definition) is 1. The van der Waals surface area contributed by atoms with Crippen LogP contribution in [0.1, 0.15) is 32.8 Å². The van der Waals surface area contributed by atoms with Crippen LogP contribution < -0.4 is 4.74 Å². The van der Waals surface area contributed by atoms with Gasteiger partial charge in [-0.25, -0.2) is 4.39 Å². The molecule has 1 aromatic rings. The van der Waals surface area contributed by atoms with E-state index in [0.717, 1.165) is 0 Å². The third-order valence-corrected chi connectivity index (χ3v) is 3.71. The highest BCUT2D eigenvalue weighted by Gasteiger charge is 2.47. The molecule has 0 spiro atoms. The molecule has 0 saturated heterocycles. The molecule has 0 bridgehead atoms. The summed E-state index contributed by atoms with van der Waals surface area (Å²) in [5.41, 5.74) is -2.70. The standard InChI is InChI=1S/C14H18FNO2/c1-5-13(2,9-16)14(3,17)12-10(15)7-6-8-11(12)18-4/h6-8,17H,5H2,1-4H3. The highest BCUT2D eigenvalue weighted by atomic mass is 19.1. The third kappa shape index (κ3) is 2.06. The normalized spacial score (nSPS) is 17.4. The smallest absolute Gasteiger partial charge is 0.133 e. The Kier molecular flexibility index (Phi) is 3.98. The first-order valence-corrected chi connectivity index (χ1v) is 5.80. The van der Waals surface area contributed by atoms with Gasteiger partial charge in [0.25, 0.3) is 0 Å². The van der Waals surface area contributed by atoms with Crippen LogP contribution in [0, 0.1) is 22.6 Å². The van der Waals surface area contributed by atoms with Crippen molar-refractivity contribution in [3.05, 3.63) is 29.6 Å². The Morgan fingerprint density at radius 3 is 2.50 bits per heavy atom. The van der Waals surface area contributed by atoms with Crippen molar-refractivity contribution in [2.75, 3.05) is 7.11 Å². The Morgan fingerprint density at radius 2 is 2.06 bits per heavy atom. The molecule has 1 aromatic carbocycles. The fraction of sp³-hybridized carbons (Fsp3) is 0.500. The molecule has 4 heteroatoms. The van der Waals surface area contributed by atoms with Crippen molar-refractivity contribution in [2.45, 2.75) is 32.8 Å². The van der Waals surface area contributed by atoms with E-state index >= 15 is 0 Å². The quantitative estimate of drug-likeness (QED) is 0.895. The number of rotatable bonds is 4. The lowest BCUT2D eigenvalue weighted by Crippen LogP contribution is -2.41. The first kappa shape index (κ1) is 14.5. The van der Waals surface area contributed by atoms with Crippen molar-refractivity contribution in [1.82, 2.24) is 0 Å². The van der Waals surface area contributed by atoms with Gasteiger partial charge >= 0.3 is 0 Å². The van der Waals surface area contributed by atoms with Gasteiger partial charge in [-0.3, -0.25) is 0 Å². The van der Waals surface area contributed by atoms with Crippen LogP contribution in [-0.4, -0.2) is 12.2 Å². The maximum atomic E-state index is 14.0. The average Bonchev–Trinajstić information content (AvgIpc) is 2.36. The van der Waals surface area contributed by atoms with Gasteiger partial charge in [0, 0.05) is 0 Å². The van der Waals surface area contributed by atoms with E-state index in [1.54, 1.807) is 19.9 Å². The Balaban J connectivity index is 3.51. The zero-order valence-electron chi connectivity index (χ0n) is 11.1. The minimum atomic E-state index is -1.63. The number of methoxy groups -OCH3 is 1. The van der Waals surface area contributed by atoms with Gasteiger partial charge in [0.1, 0.15) is 17.2 Å². The van der Waals surface area contributed by atoms with Gasteiger partial charge in [-0.15, -0.1) is 0 Å². The zero-order valence-corrected chi connectivity index (χ0v) is 11.1. The first-order chi connectivity index (χ1) is 8.34. The fourth-order valence-corrected chi connectivity index (χ4v) is 1.95. The van der Waals surface area contributed by atoms with Crippen molar-refractivity contribution in [2.24, 2.45) is 5.41 Å². The molecule has 0 aliphatic heterocycles. The number of benzene rings is 1. The summed E-state index contributed by atoms with van der Waals surface area (Å²) >= 11 is 0. The number of nitrogens with zero attached hydrogens (tertiary/aromatic N) is 1. The van der Waals surface area contributed by atoms with Crippen LogP contribution in [-0.2, 0) is 5.60 Å². The molecule has 1 N–H and O–H groups in total. The molecule has 2 unspecified atom stereocenters. The number of ether oxygens (including phenoxy) is 1. The van der Waals surface area contributed by atoms with Crippen molar-refractivity contribution in [3.63, 3.8) is 0 Å². The Bertz CT molecular complexity index is 479. The van der Waals surface area contributed by atoms with E-state index in [1.807, 2.05) is 0 Å². The van der Waals surface area contributed by atoms with Gasteiger partial charge in [0.15, 0.2) is 0 Å². The summed E-state index contributed by atoms with van der Waals surface area (Å²) in [6.45, 7) is 4.84. The summed E-state index contributed by atoms with van der Waals surface area (Å²) in [4.78, 5) is 0. The summed E-state index contributed by atoms with van der Waals surface area (Å²) in [6.07, 6.45) is 0.397. The van der Waals surface area contributed by atoms with Gasteiger partial charge in [0.05, 0.1) is 24.2 Å². The summed E-state index contributed by atoms with van der Waals surface area (Å²) < 4.78 is 19.1. The Labute approximate surface area is 107 Å². The van der Waals surface area contributed by atoms with Crippen molar-refractivity contribution < 1.29 is 14.2 Å². The molecular formula is C14H18FNO2.